The highest BCUT2D eigenvalue weighted by Crippen LogP contribution is 2.32. The van der Waals surface area contributed by atoms with Crippen molar-refractivity contribution in [2.75, 3.05) is 0 Å². The number of oxazole rings is 1. The SMILES string of the molecule is CC(C)C(=O)Cc1ccc2nc(-c3cn(C)c4cc(F)ccc34)oc2c1. The van der Waals surface area contributed by atoms with Crippen molar-refractivity contribution in [2.45, 2.75) is 20.3 Å². The van der Waals surface area contributed by atoms with Crippen molar-refractivity contribution in [3.05, 3.63) is 54.0 Å². The van der Waals surface area contributed by atoms with Gasteiger partial charge < -0.3 is 8.98 Å². The number of aromatic nitrogens is 2. The summed E-state index contributed by atoms with van der Waals surface area (Å²) in [5.74, 6) is 0.416. The number of halogens is 1. The van der Waals surface area contributed by atoms with E-state index in [0.29, 0.717) is 17.9 Å². The Morgan fingerprint density at radius 1 is 1.23 bits per heavy atom. The lowest BCUT2D eigenvalue weighted by Crippen LogP contribution is -2.09. The Bertz CT molecular complexity index is 1140. The molecule has 0 radical (unpaired) electrons. The third-order valence-electron chi connectivity index (χ3n) is 4.66. The number of benzene rings is 2. The molecule has 0 aliphatic rings. The van der Waals surface area contributed by atoms with E-state index in [4.69, 9.17) is 4.42 Å². The van der Waals surface area contributed by atoms with Gasteiger partial charge in [-0.25, -0.2) is 9.37 Å². The first kappa shape index (κ1) is 16.5. The summed E-state index contributed by atoms with van der Waals surface area (Å²) >= 11 is 0. The molecule has 26 heavy (non-hydrogen) atoms. The molecule has 0 unspecified atom stereocenters. The van der Waals surface area contributed by atoms with E-state index in [0.717, 1.165) is 27.5 Å². The number of aryl methyl sites for hydroxylation is 1. The minimum atomic E-state index is -0.276. The zero-order valence-electron chi connectivity index (χ0n) is 14.9. The third kappa shape index (κ3) is 2.79. The van der Waals surface area contributed by atoms with Crippen molar-refractivity contribution in [3.63, 3.8) is 0 Å². The highest BCUT2D eigenvalue weighted by atomic mass is 19.1. The van der Waals surface area contributed by atoms with Gasteiger partial charge in [-0.2, -0.15) is 0 Å². The van der Waals surface area contributed by atoms with Gasteiger partial charge in [0.25, 0.3) is 0 Å². The predicted molar refractivity (Wildman–Crippen MR) is 99.4 cm³/mol. The molecule has 0 saturated carbocycles. The topological polar surface area (TPSA) is 48.0 Å². The molecule has 0 bridgehead atoms. The van der Waals surface area contributed by atoms with E-state index in [1.807, 2.05) is 49.9 Å². The molecule has 132 valence electrons. The van der Waals surface area contributed by atoms with Crippen LogP contribution in [0.25, 0.3) is 33.5 Å². The molecule has 0 spiro atoms. The van der Waals surface area contributed by atoms with Crippen LogP contribution < -0.4 is 0 Å². The summed E-state index contributed by atoms with van der Waals surface area (Å²) in [5, 5.41) is 0.885. The smallest absolute Gasteiger partial charge is 0.229 e. The number of fused-ring (bicyclic) bond motifs is 2. The first-order valence-corrected chi connectivity index (χ1v) is 8.59. The van der Waals surface area contributed by atoms with Crippen LogP contribution in [0.2, 0.25) is 0 Å². The zero-order chi connectivity index (χ0) is 18.4. The maximum Gasteiger partial charge on any atom is 0.229 e. The molecule has 2 aromatic heterocycles. The van der Waals surface area contributed by atoms with Crippen LogP contribution in [0, 0.1) is 11.7 Å². The van der Waals surface area contributed by atoms with Crippen LogP contribution in [-0.2, 0) is 18.3 Å². The minimum absolute atomic E-state index is 0.00654. The van der Waals surface area contributed by atoms with Crippen LogP contribution in [0.1, 0.15) is 19.4 Å². The predicted octanol–water partition coefficient (Wildman–Crippen LogP) is 4.89. The van der Waals surface area contributed by atoms with Crippen LogP contribution in [0.15, 0.2) is 47.0 Å². The summed E-state index contributed by atoms with van der Waals surface area (Å²) in [6.45, 7) is 3.80. The summed E-state index contributed by atoms with van der Waals surface area (Å²) < 4.78 is 21.3. The van der Waals surface area contributed by atoms with Gasteiger partial charge in [0.1, 0.15) is 17.1 Å². The van der Waals surface area contributed by atoms with Crippen LogP contribution in [0.5, 0.6) is 0 Å². The van der Waals surface area contributed by atoms with Gasteiger partial charge in [0.05, 0.1) is 11.1 Å². The number of nitrogens with zero attached hydrogens (tertiary/aromatic N) is 2. The van der Waals surface area contributed by atoms with Gasteiger partial charge >= 0.3 is 0 Å². The summed E-state index contributed by atoms with van der Waals surface area (Å²) in [5.41, 5.74) is 3.90. The maximum absolute atomic E-state index is 13.5. The van der Waals surface area contributed by atoms with E-state index in [2.05, 4.69) is 4.98 Å². The maximum atomic E-state index is 13.5. The van der Waals surface area contributed by atoms with Crippen LogP contribution in [-0.4, -0.2) is 15.3 Å². The molecule has 0 saturated heterocycles. The Morgan fingerprint density at radius 3 is 2.81 bits per heavy atom. The summed E-state index contributed by atoms with van der Waals surface area (Å²) in [6.07, 6.45) is 2.27. The second-order valence-electron chi connectivity index (χ2n) is 6.93. The van der Waals surface area contributed by atoms with Gasteiger partial charge in [-0.05, 0) is 35.9 Å². The molecule has 0 N–H and O–H groups in total. The Labute approximate surface area is 150 Å². The molecule has 4 aromatic rings. The normalized spacial score (nSPS) is 11.7. The first-order chi connectivity index (χ1) is 12.4. The van der Waals surface area contributed by atoms with Crippen LogP contribution >= 0.6 is 0 Å². The lowest BCUT2D eigenvalue weighted by atomic mass is 10.0. The Hall–Kier alpha value is -2.95. The molecule has 2 heterocycles. The molecule has 2 aromatic carbocycles. The van der Waals surface area contributed by atoms with Crippen molar-refractivity contribution in [1.29, 1.82) is 0 Å². The van der Waals surface area contributed by atoms with Gasteiger partial charge in [0.2, 0.25) is 5.89 Å². The average Bonchev–Trinajstić information content (AvgIpc) is 3.15. The van der Waals surface area contributed by atoms with Gasteiger partial charge in [-0.15, -0.1) is 0 Å². The highest BCUT2D eigenvalue weighted by Gasteiger charge is 2.16. The van der Waals surface area contributed by atoms with Crippen molar-refractivity contribution in [2.24, 2.45) is 13.0 Å². The van der Waals surface area contributed by atoms with Crippen molar-refractivity contribution < 1.29 is 13.6 Å². The van der Waals surface area contributed by atoms with Crippen molar-refractivity contribution in [1.82, 2.24) is 9.55 Å². The minimum Gasteiger partial charge on any atom is -0.436 e. The second kappa shape index (κ2) is 6.09. The molecule has 4 rings (SSSR count). The van der Waals surface area contributed by atoms with Crippen LogP contribution in [0.3, 0.4) is 0 Å². The third-order valence-corrected chi connectivity index (χ3v) is 4.66. The Morgan fingerprint density at radius 2 is 2.04 bits per heavy atom. The number of carbonyl (C=O) groups is 1. The number of hydrogen-bond donors (Lipinski definition) is 0. The lowest BCUT2D eigenvalue weighted by molar-refractivity contribution is -0.121. The summed E-state index contributed by atoms with van der Waals surface area (Å²) in [4.78, 5) is 16.5. The average molecular weight is 350 g/mol. The summed E-state index contributed by atoms with van der Waals surface area (Å²) in [6, 6.07) is 10.3. The van der Waals surface area contributed by atoms with Gasteiger partial charge in [0.15, 0.2) is 5.58 Å². The van der Waals surface area contributed by atoms with E-state index >= 15 is 0 Å². The molecule has 0 aliphatic carbocycles. The van der Waals surface area contributed by atoms with E-state index in [1.54, 1.807) is 6.07 Å². The number of rotatable bonds is 4. The van der Waals surface area contributed by atoms with E-state index in [9.17, 15) is 9.18 Å². The van der Waals surface area contributed by atoms with E-state index in [1.165, 1.54) is 12.1 Å². The highest BCUT2D eigenvalue weighted by molar-refractivity contribution is 5.95. The molecule has 0 atom stereocenters. The fourth-order valence-corrected chi connectivity index (χ4v) is 3.13. The summed E-state index contributed by atoms with van der Waals surface area (Å²) in [7, 11) is 1.86. The molecule has 0 amide bonds. The molecular formula is C21H19FN2O2. The number of Topliss-reactive ketones (excluding diaryl/α,β-unsaturated/α-hetero) is 1. The van der Waals surface area contributed by atoms with Crippen molar-refractivity contribution in [3.8, 4) is 11.5 Å². The van der Waals surface area contributed by atoms with Crippen molar-refractivity contribution >= 4 is 27.8 Å². The lowest BCUT2D eigenvalue weighted by Gasteiger charge is -2.03. The molecule has 0 fully saturated rings. The van der Waals surface area contributed by atoms with Crippen LogP contribution in [0.4, 0.5) is 4.39 Å². The quantitative estimate of drug-likeness (QED) is 0.526. The molecule has 0 aliphatic heterocycles. The van der Waals surface area contributed by atoms with E-state index in [-0.39, 0.29) is 17.5 Å². The number of carbonyl (C=O) groups excluding carboxylic acids is 1. The van der Waals surface area contributed by atoms with Gasteiger partial charge in [0, 0.05) is 31.0 Å². The largest absolute Gasteiger partial charge is 0.436 e. The second-order valence-corrected chi connectivity index (χ2v) is 6.93. The van der Waals surface area contributed by atoms with Gasteiger partial charge in [-0.3, -0.25) is 4.79 Å². The number of ketones is 1. The molecule has 4 nitrogen and oxygen atoms in total. The standard InChI is InChI=1S/C21H19FN2O2/c1-12(2)19(25)8-13-4-7-17-20(9-13)26-21(23-17)16-11-24(3)18-10-14(22)5-6-15(16)18/h4-7,9-12H,8H2,1-3H3. The van der Waals surface area contributed by atoms with Gasteiger partial charge in [-0.1, -0.05) is 19.9 Å². The molecule has 5 heteroatoms. The Balaban J connectivity index is 1.77. The fourth-order valence-electron chi connectivity index (χ4n) is 3.13. The molecular weight excluding hydrogens is 331 g/mol. The number of hydrogen-bond acceptors (Lipinski definition) is 3. The zero-order valence-corrected chi connectivity index (χ0v) is 14.9. The van der Waals surface area contributed by atoms with E-state index < -0.39 is 0 Å². The fraction of sp³-hybridized carbons (Fsp3) is 0.238. The monoisotopic (exact) mass is 350 g/mol. The first-order valence-electron chi connectivity index (χ1n) is 8.59. The Kier molecular flexibility index (Phi) is 3.87.